The van der Waals surface area contributed by atoms with Gasteiger partial charge in [0, 0.05) is 43.7 Å². The highest BCUT2D eigenvalue weighted by atomic mass is 32.2. The Kier molecular flexibility index (Phi) is 8.16. The molecular weight excluding hydrogens is 555 g/mol. The number of benzene rings is 3. The lowest BCUT2D eigenvalue weighted by Gasteiger charge is -2.37. The van der Waals surface area contributed by atoms with Crippen molar-refractivity contribution in [2.24, 2.45) is 0 Å². The van der Waals surface area contributed by atoms with Crippen molar-refractivity contribution >= 4 is 26.7 Å². The first-order chi connectivity index (χ1) is 19.6. The number of anilines is 1. The van der Waals surface area contributed by atoms with E-state index in [0.29, 0.717) is 31.3 Å². The molecule has 41 heavy (non-hydrogen) atoms. The number of methoxy groups -OCH3 is 1. The molecule has 12 heteroatoms. The number of sulfonamides is 1. The topological polar surface area (TPSA) is 87.7 Å². The Morgan fingerprint density at radius 1 is 0.927 bits per heavy atom. The van der Waals surface area contributed by atoms with Crippen LogP contribution in [0.4, 0.5) is 19.0 Å². The summed E-state index contributed by atoms with van der Waals surface area (Å²) in [6, 6.07) is 18.9. The van der Waals surface area contributed by atoms with Crippen molar-refractivity contribution < 1.29 is 26.3 Å². The maximum absolute atomic E-state index is 13.1. The Hall–Kier alpha value is -3.74. The van der Waals surface area contributed by atoms with Crippen LogP contribution in [0.2, 0.25) is 0 Å². The quantitative estimate of drug-likeness (QED) is 0.299. The molecule has 0 bridgehead atoms. The molecule has 5 rings (SSSR count). The van der Waals surface area contributed by atoms with E-state index in [1.54, 1.807) is 7.11 Å². The molecule has 1 aliphatic heterocycles. The summed E-state index contributed by atoms with van der Waals surface area (Å²) in [6.45, 7) is 3.70. The van der Waals surface area contributed by atoms with Crippen LogP contribution in [-0.2, 0) is 22.7 Å². The summed E-state index contributed by atoms with van der Waals surface area (Å²) in [4.78, 5) is 11.6. The number of nitrogens with zero attached hydrogens (tertiary/aromatic N) is 4. The van der Waals surface area contributed by atoms with Crippen molar-refractivity contribution in [2.45, 2.75) is 30.6 Å². The van der Waals surface area contributed by atoms with Crippen LogP contribution in [0.5, 0.6) is 5.75 Å². The highest BCUT2D eigenvalue weighted by Gasteiger charge is 2.33. The maximum atomic E-state index is 13.1. The van der Waals surface area contributed by atoms with E-state index in [1.165, 1.54) is 4.31 Å². The number of hydrogen-bond acceptors (Lipinski definition) is 7. The van der Waals surface area contributed by atoms with E-state index in [0.717, 1.165) is 46.5 Å². The molecule has 4 aromatic rings. The van der Waals surface area contributed by atoms with Crippen molar-refractivity contribution in [1.82, 2.24) is 19.2 Å². The Morgan fingerprint density at radius 3 is 2.27 bits per heavy atom. The van der Waals surface area contributed by atoms with E-state index in [4.69, 9.17) is 14.7 Å². The minimum atomic E-state index is -4.53. The molecule has 1 aromatic heterocycles. The van der Waals surface area contributed by atoms with Gasteiger partial charge >= 0.3 is 6.18 Å². The van der Waals surface area contributed by atoms with Gasteiger partial charge in [-0.3, -0.25) is 4.90 Å². The third-order valence-electron chi connectivity index (χ3n) is 7.27. The Labute approximate surface area is 236 Å². The summed E-state index contributed by atoms with van der Waals surface area (Å²) in [5.74, 6) is 2.06. The number of nitrogens with one attached hydrogen (secondary N) is 1. The number of hydrogen-bond donors (Lipinski definition) is 1. The largest absolute Gasteiger partial charge is 0.496 e. The van der Waals surface area contributed by atoms with Gasteiger partial charge in [0.25, 0.3) is 0 Å². The predicted octanol–water partition coefficient (Wildman–Crippen LogP) is 5.34. The number of piperazine rings is 1. The zero-order valence-electron chi connectivity index (χ0n) is 22.6. The molecule has 0 aliphatic carbocycles. The van der Waals surface area contributed by atoms with Gasteiger partial charge in [0.1, 0.15) is 17.4 Å². The fourth-order valence-corrected chi connectivity index (χ4v) is 6.33. The van der Waals surface area contributed by atoms with E-state index < -0.39 is 21.8 Å². The minimum Gasteiger partial charge on any atom is -0.496 e. The first-order valence-electron chi connectivity index (χ1n) is 13.1. The molecule has 0 unspecified atom stereocenters. The Morgan fingerprint density at radius 2 is 1.59 bits per heavy atom. The highest BCUT2D eigenvalue weighted by molar-refractivity contribution is 7.89. The van der Waals surface area contributed by atoms with Crippen molar-refractivity contribution in [3.05, 3.63) is 89.7 Å². The van der Waals surface area contributed by atoms with Gasteiger partial charge in [0.05, 0.1) is 29.1 Å². The van der Waals surface area contributed by atoms with Crippen LogP contribution in [0.15, 0.2) is 77.7 Å². The summed E-state index contributed by atoms with van der Waals surface area (Å²) >= 11 is 0. The lowest BCUT2D eigenvalue weighted by molar-refractivity contribution is -0.137. The average molecular weight is 586 g/mol. The van der Waals surface area contributed by atoms with Gasteiger partial charge in [-0.15, -0.1) is 0 Å². The monoisotopic (exact) mass is 585 g/mol. The van der Waals surface area contributed by atoms with Crippen LogP contribution >= 0.6 is 0 Å². The molecule has 3 aromatic carbocycles. The lowest BCUT2D eigenvalue weighted by atomic mass is 10.1. The molecule has 0 amide bonds. The standard InChI is InChI=1S/C29H30F3N5O3S/c1-20(36-15-17-37(18-16-36)41(38,39)23-13-11-22(12-14-23)29(30,31)32)27-34-25-9-5-4-8-24(25)28(35-27)33-19-21-7-3-6-10-26(21)40-2/h3-14,20H,15-19H2,1-2H3,(H,33,34,35)/t20-/m0/s1. The molecule has 0 spiro atoms. The maximum Gasteiger partial charge on any atom is 0.416 e. The van der Waals surface area contributed by atoms with Crippen molar-refractivity contribution in [3.63, 3.8) is 0 Å². The van der Waals surface area contributed by atoms with Crippen LogP contribution in [-0.4, -0.2) is 60.9 Å². The second-order valence-corrected chi connectivity index (χ2v) is 11.7. The van der Waals surface area contributed by atoms with Crippen molar-refractivity contribution in [1.29, 1.82) is 0 Å². The second kappa shape index (κ2) is 11.6. The first-order valence-corrected chi connectivity index (χ1v) is 14.6. The summed E-state index contributed by atoms with van der Waals surface area (Å²) in [7, 11) is -2.29. The fourth-order valence-electron chi connectivity index (χ4n) is 4.90. The molecular formula is C29H30F3N5O3S. The second-order valence-electron chi connectivity index (χ2n) is 9.75. The molecule has 1 atom stereocenters. The Bertz CT molecular complexity index is 1620. The van der Waals surface area contributed by atoms with Gasteiger partial charge in [0.15, 0.2) is 0 Å². The third kappa shape index (κ3) is 6.14. The highest BCUT2D eigenvalue weighted by Crippen LogP contribution is 2.31. The molecule has 1 N–H and O–H groups in total. The van der Waals surface area contributed by atoms with Crippen LogP contribution in [0, 0.1) is 0 Å². The van der Waals surface area contributed by atoms with Crippen LogP contribution in [0.3, 0.4) is 0 Å². The average Bonchev–Trinajstić information content (AvgIpc) is 2.99. The Balaban J connectivity index is 1.31. The van der Waals surface area contributed by atoms with Crippen molar-refractivity contribution in [2.75, 3.05) is 38.6 Å². The molecule has 0 radical (unpaired) electrons. The van der Waals surface area contributed by atoms with E-state index in [1.807, 2.05) is 55.5 Å². The summed E-state index contributed by atoms with van der Waals surface area (Å²) in [5.41, 5.74) is 0.885. The molecule has 1 saturated heterocycles. The molecule has 1 fully saturated rings. The number of aromatic nitrogens is 2. The van der Waals surface area contributed by atoms with Gasteiger partial charge in [-0.25, -0.2) is 18.4 Å². The molecule has 1 aliphatic rings. The zero-order valence-corrected chi connectivity index (χ0v) is 23.4. The van der Waals surface area contributed by atoms with E-state index in [2.05, 4.69) is 10.2 Å². The van der Waals surface area contributed by atoms with Gasteiger partial charge in [-0.05, 0) is 49.4 Å². The molecule has 216 valence electrons. The smallest absolute Gasteiger partial charge is 0.416 e. The van der Waals surface area contributed by atoms with Gasteiger partial charge in [-0.1, -0.05) is 30.3 Å². The third-order valence-corrected chi connectivity index (χ3v) is 9.19. The molecule has 8 nitrogen and oxygen atoms in total. The number of alkyl halides is 3. The van der Waals surface area contributed by atoms with Gasteiger partial charge in [0.2, 0.25) is 10.0 Å². The van der Waals surface area contributed by atoms with Gasteiger partial charge in [-0.2, -0.15) is 17.5 Å². The number of fused-ring (bicyclic) bond motifs is 1. The van der Waals surface area contributed by atoms with Crippen LogP contribution in [0.25, 0.3) is 10.9 Å². The van der Waals surface area contributed by atoms with Gasteiger partial charge < -0.3 is 10.1 Å². The van der Waals surface area contributed by atoms with Crippen molar-refractivity contribution in [3.8, 4) is 5.75 Å². The van der Waals surface area contributed by atoms with E-state index in [-0.39, 0.29) is 24.0 Å². The summed E-state index contributed by atoms with van der Waals surface area (Å²) in [6.07, 6.45) is -4.53. The number of rotatable bonds is 8. The predicted molar refractivity (Wildman–Crippen MR) is 150 cm³/mol. The number of halogens is 3. The normalized spacial score (nSPS) is 16.0. The van der Waals surface area contributed by atoms with E-state index >= 15 is 0 Å². The summed E-state index contributed by atoms with van der Waals surface area (Å²) in [5, 5.41) is 4.31. The molecule has 2 heterocycles. The lowest BCUT2D eigenvalue weighted by Crippen LogP contribution is -2.49. The van der Waals surface area contributed by atoms with E-state index in [9.17, 15) is 21.6 Å². The number of para-hydroxylation sites is 2. The zero-order chi connectivity index (χ0) is 29.2. The molecule has 0 saturated carbocycles. The first kappa shape index (κ1) is 28.8. The fraction of sp³-hybridized carbons (Fsp3) is 0.310. The summed E-state index contributed by atoms with van der Waals surface area (Å²) < 4.78 is 71.7. The van der Waals surface area contributed by atoms with Crippen LogP contribution in [0.1, 0.15) is 29.9 Å². The SMILES string of the molecule is COc1ccccc1CNc1nc([C@H](C)N2CCN(S(=O)(=O)c3ccc(C(F)(F)F)cc3)CC2)nc2ccccc12. The minimum absolute atomic E-state index is 0.157. The van der Waals surface area contributed by atoms with Crippen LogP contribution < -0.4 is 10.1 Å². The number of ether oxygens (including phenoxy) is 1.